The lowest BCUT2D eigenvalue weighted by atomic mass is 9.85. The van der Waals surface area contributed by atoms with Gasteiger partial charge in [0.25, 0.3) is 0 Å². The molecule has 37 heavy (non-hydrogen) atoms. The Labute approximate surface area is 232 Å². The number of anilines is 4. The molecule has 3 N–H and O–H groups in total. The molecule has 11 heteroatoms. The largest absolute Gasteiger partial charge is 0.324 e. The predicted octanol–water partition coefficient (Wildman–Crippen LogP) is 4.97. The topological polar surface area (TPSA) is 116 Å². The molecule has 1 aromatic carbocycles. The fraction of sp³-hybridized carbons (Fsp3) is 0.500. The fourth-order valence-corrected chi connectivity index (χ4v) is 7.33. The van der Waals surface area contributed by atoms with Gasteiger partial charge in [0, 0.05) is 29.7 Å². The van der Waals surface area contributed by atoms with Crippen LogP contribution in [0.15, 0.2) is 24.4 Å². The maximum atomic E-state index is 11.8. The highest BCUT2D eigenvalue weighted by molar-refractivity contribution is 14.1. The van der Waals surface area contributed by atoms with Crippen molar-refractivity contribution in [2.24, 2.45) is 0 Å². The number of aromatic nitrogens is 4. The average molecular weight is 636 g/mol. The monoisotopic (exact) mass is 635 g/mol. The number of nitrogens with one attached hydrogen (secondary N) is 3. The highest BCUT2D eigenvalue weighted by Gasteiger charge is 2.31. The highest BCUT2D eigenvalue weighted by atomic mass is 127. The van der Waals surface area contributed by atoms with Crippen molar-refractivity contribution in [3.63, 3.8) is 0 Å². The number of piperidine rings is 1. The van der Waals surface area contributed by atoms with Crippen LogP contribution in [-0.4, -0.2) is 64.1 Å². The van der Waals surface area contributed by atoms with Crippen LogP contribution in [0.4, 0.5) is 23.3 Å². The van der Waals surface area contributed by atoms with Gasteiger partial charge in [-0.25, -0.2) is 13.4 Å². The van der Waals surface area contributed by atoms with Gasteiger partial charge in [0.15, 0.2) is 11.6 Å². The number of aryl methyl sites for hydroxylation is 3. The third-order valence-corrected chi connectivity index (χ3v) is 10.1. The Bertz CT molecular complexity index is 1370. The summed E-state index contributed by atoms with van der Waals surface area (Å²) in [6, 6.07) is 6.86. The molecule has 9 nitrogen and oxygen atoms in total. The molecule has 2 aliphatic rings. The molecule has 0 spiro atoms. The number of likely N-dealkylation sites (tertiary alicyclic amines) is 1. The van der Waals surface area contributed by atoms with Gasteiger partial charge < -0.3 is 15.5 Å². The lowest BCUT2D eigenvalue weighted by molar-refractivity contribution is 0.142. The van der Waals surface area contributed by atoms with E-state index >= 15 is 0 Å². The first kappa shape index (κ1) is 26.4. The number of nitrogens with zero attached hydrogens (tertiary/aromatic N) is 4. The molecular weight excluding hydrogens is 601 g/mol. The molecule has 0 aliphatic carbocycles. The van der Waals surface area contributed by atoms with E-state index in [1.54, 1.807) is 6.20 Å². The maximum Gasteiger partial charge on any atom is 0.229 e. The number of sulfone groups is 1. The van der Waals surface area contributed by atoms with Crippen molar-refractivity contribution in [2.75, 3.05) is 35.2 Å². The molecular formula is C26H34IN7O2S. The first-order chi connectivity index (χ1) is 17.7. The van der Waals surface area contributed by atoms with E-state index < -0.39 is 9.84 Å². The SMILES string of the molecule is Cc1cc(Nc2nc(Nc3cc(C)c(C4CCN(C5CCS(=O)(=O)CC5)CC4)cc3C)ncc2I)n[nH]1. The molecule has 0 amide bonds. The quantitative estimate of drug-likeness (QED) is 0.325. The van der Waals surface area contributed by atoms with Gasteiger partial charge in [0.1, 0.15) is 9.84 Å². The van der Waals surface area contributed by atoms with Crippen LogP contribution in [0, 0.1) is 24.3 Å². The van der Waals surface area contributed by atoms with Crippen LogP contribution in [0.5, 0.6) is 0 Å². The van der Waals surface area contributed by atoms with Crippen molar-refractivity contribution in [3.05, 3.63) is 50.4 Å². The lowest BCUT2D eigenvalue weighted by Crippen LogP contribution is -2.45. The molecule has 2 aliphatic heterocycles. The average Bonchev–Trinajstić information content (AvgIpc) is 3.28. The van der Waals surface area contributed by atoms with Gasteiger partial charge in [-0.05, 0) is 111 Å². The van der Waals surface area contributed by atoms with Crippen molar-refractivity contribution < 1.29 is 8.42 Å². The summed E-state index contributed by atoms with van der Waals surface area (Å²) < 4.78 is 24.5. The minimum absolute atomic E-state index is 0.342. The van der Waals surface area contributed by atoms with Crippen LogP contribution in [0.1, 0.15) is 54.0 Å². The maximum absolute atomic E-state index is 11.8. The van der Waals surface area contributed by atoms with Crippen LogP contribution in [0.2, 0.25) is 0 Å². The fourth-order valence-electron chi connectivity index (χ4n) is 5.47. The standard InChI is InChI=1S/C26H34IN7O2S/c1-16-13-23(29-26-28-15-22(27)25(31-26)30-24-14-18(3)32-33-24)17(2)12-21(16)19-4-8-34(9-5-19)20-6-10-37(35,36)11-7-20/h12-15,19-20H,4-11H2,1-3H3,(H3,28,29,30,31,32,33). The van der Waals surface area contributed by atoms with E-state index in [0.717, 1.165) is 59.5 Å². The molecule has 2 fully saturated rings. The van der Waals surface area contributed by atoms with Gasteiger partial charge >= 0.3 is 0 Å². The second-order valence-corrected chi connectivity index (χ2v) is 13.8. The van der Waals surface area contributed by atoms with Gasteiger partial charge in [-0.3, -0.25) is 5.10 Å². The summed E-state index contributed by atoms with van der Waals surface area (Å²) >= 11 is 2.22. The zero-order valence-electron chi connectivity index (χ0n) is 21.5. The summed E-state index contributed by atoms with van der Waals surface area (Å²) in [4.78, 5) is 11.7. The lowest BCUT2D eigenvalue weighted by Gasteiger charge is -2.39. The van der Waals surface area contributed by atoms with Crippen LogP contribution in [-0.2, 0) is 9.84 Å². The number of H-pyrrole nitrogens is 1. The van der Waals surface area contributed by atoms with E-state index in [9.17, 15) is 8.42 Å². The van der Waals surface area contributed by atoms with Crippen LogP contribution in [0.25, 0.3) is 0 Å². The summed E-state index contributed by atoms with van der Waals surface area (Å²) in [5.41, 5.74) is 5.83. The van der Waals surface area contributed by atoms with Crippen molar-refractivity contribution in [2.45, 2.75) is 58.4 Å². The Morgan fingerprint density at radius 2 is 1.73 bits per heavy atom. The van der Waals surface area contributed by atoms with Crippen molar-refractivity contribution >= 4 is 55.7 Å². The van der Waals surface area contributed by atoms with Crippen LogP contribution in [0.3, 0.4) is 0 Å². The van der Waals surface area contributed by atoms with Crippen molar-refractivity contribution in [1.29, 1.82) is 0 Å². The summed E-state index contributed by atoms with van der Waals surface area (Å²) in [5.74, 6) is 3.17. The molecule has 198 valence electrons. The van der Waals surface area contributed by atoms with E-state index in [1.807, 2.05) is 13.0 Å². The molecule has 2 saturated heterocycles. The van der Waals surface area contributed by atoms with Crippen molar-refractivity contribution in [1.82, 2.24) is 25.1 Å². The van der Waals surface area contributed by atoms with Crippen molar-refractivity contribution in [3.8, 4) is 0 Å². The number of halogens is 1. The molecule has 2 aromatic heterocycles. The second kappa shape index (κ2) is 10.9. The number of rotatable bonds is 6. The molecule has 4 heterocycles. The minimum atomic E-state index is -2.81. The summed E-state index contributed by atoms with van der Waals surface area (Å²) in [7, 11) is -2.81. The number of hydrogen-bond acceptors (Lipinski definition) is 8. The van der Waals surface area contributed by atoms with Gasteiger partial charge in [0.2, 0.25) is 5.95 Å². The molecule has 3 aromatic rings. The third kappa shape index (κ3) is 6.26. The Kier molecular flexibility index (Phi) is 7.73. The van der Waals surface area contributed by atoms with Gasteiger partial charge in [-0.2, -0.15) is 10.1 Å². The Balaban J connectivity index is 1.24. The molecule has 0 radical (unpaired) electrons. The third-order valence-electron chi connectivity index (χ3n) is 7.57. The van der Waals surface area contributed by atoms with Gasteiger partial charge in [-0.15, -0.1) is 0 Å². The summed E-state index contributed by atoms with van der Waals surface area (Å²) in [6.45, 7) is 8.34. The van der Waals surface area contributed by atoms with E-state index in [4.69, 9.17) is 0 Å². The van der Waals surface area contributed by atoms with Gasteiger partial charge in [-0.1, -0.05) is 6.07 Å². The highest BCUT2D eigenvalue weighted by Crippen LogP contribution is 2.35. The van der Waals surface area contributed by atoms with E-state index in [2.05, 4.69) is 84.3 Å². The zero-order valence-corrected chi connectivity index (χ0v) is 24.5. The van der Waals surface area contributed by atoms with Crippen LogP contribution >= 0.6 is 22.6 Å². The number of aromatic amines is 1. The zero-order chi connectivity index (χ0) is 26.2. The van der Waals surface area contributed by atoms with Gasteiger partial charge in [0.05, 0.1) is 15.1 Å². The first-order valence-corrected chi connectivity index (χ1v) is 15.7. The number of benzene rings is 1. The summed E-state index contributed by atoms with van der Waals surface area (Å²) in [5, 5.41) is 13.8. The first-order valence-electron chi connectivity index (χ1n) is 12.8. The molecule has 0 bridgehead atoms. The minimum Gasteiger partial charge on any atom is -0.324 e. The Hall–Kier alpha value is -2.25. The number of hydrogen-bond donors (Lipinski definition) is 3. The van der Waals surface area contributed by atoms with E-state index in [0.29, 0.717) is 35.2 Å². The predicted molar refractivity (Wildman–Crippen MR) is 156 cm³/mol. The second-order valence-electron chi connectivity index (χ2n) is 10.3. The Morgan fingerprint density at radius 3 is 2.41 bits per heavy atom. The normalized spacial score (nSPS) is 19.1. The Morgan fingerprint density at radius 1 is 1.00 bits per heavy atom. The van der Waals surface area contributed by atoms with E-state index in [1.165, 1.54) is 16.7 Å². The molecule has 0 unspecified atom stereocenters. The van der Waals surface area contributed by atoms with Crippen LogP contribution < -0.4 is 10.6 Å². The van der Waals surface area contributed by atoms with E-state index in [-0.39, 0.29) is 0 Å². The molecule has 0 atom stereocenters. The molecule has 5 rings (SSSR count). The molecule has 0 saturated carbocycles. The summed E-state index contributed by atoms with van der Waals surface area (Å²) in [6.07, 6.45) is 5.58. The smallest absolute Gasteiger partial charge is 0.229 e.